The Morgan fingerprint density at radius 3 is 2.03 bits per heavy atom. The maximum Gasteiger partial charge on any atom is 0.303 e. The first-order valence-electron chi connectivity index (χ1n) is 12.1. The van der Waals surface area contributed by atoms with E-state index in [0.717, 1.165) is 12.8 Å². The second-order valence-electron chi connectivity index (χ2n) is 9.71. The standard InChI is InChI=1S/C28H40O4Si/c1-5-15-23(29)22-24(16-9-6-14-21-27(30)31)32-33(28(2,3)4,25-17-10-7-11-18-25)26-19-12-8-13-20-26/h7-13,16-20,23-24,29H,5-6,14-15,21-22H2,1-4H3,(H,30,31)/b16-9+/t23-,24+/m1/s1. The molecule has 180 valence electrons. The average Bonchev–Trinajstić information content (AvgIpc) is 2.77. The first-order valence-corrected chi connectivity index (χ1v) is 14.0. The number of aliphatic carboxylic acids is 1. The number of carboxylic acid groups (broad SMARTS) is 1. The Kier molecular flexibility index (Phi) is 10.5. The second kappa shape index (κ2) is 12.9. The number of carboxylic acids is 1. The summed E-state index contributed by atoms with van der Waals surface area (Å²) in [5.74, 6) is -0.776. The molecular formula is C28H40O4Si. The highest BCUT2D eigenvalue weighted by Crippen LogP contribution is 2.38. The van der Waals surface area contributed by atoms with E-state index >= 15 is 0 Å². The quantitative estimate of drug-likeness (QED) is 0.238. The molecule has 0 radical (unpaired) electrons. The van der Waals surface area contributed by atoms with Crippen molar-refractivity contribution in [2.75, 3.05) is 0 Å². The van der Waals surface area contributed by atoms with Crippen molar-refractivity contribution >= 4 is 24.7 Å². The molecule has 0 aliphatic heterocycles. The van der Waals surface area contributed by atoms with Crippen LogP contribution in [0.4, 0.5) is 0 Å². The number of aliphatic hydroxyl groups excluding tert-OH is 1. The Bertz CT molecular complexity index is 819. The zero-order valence-corrected chi connectivity index (χ0v) is 21.5. The number of allylic oxidation sites excluding steroid dienone is 1. The normalized spacial score (nSPS) is 14.3. The molecule has 0 spiro atoms. The minimum absolute atomic E-state index is 0.152. The van der Waals surface area contributed by atoms with Gasteiger partial charge in [0.2, 0.25) is 0 Å². The summed E-state index contributed by atoms with van der Waals surface area (Å²) in [7, 11) is -2.75. The van der Waals surface area contributed by atoms with Crippen LogP contribution < -0.4 is 10.4 Å². The van der Waals surface area contributed by atoms with Crippen LogP contribution in [-0.4, -0.2) is 36.7 Å². The zero-order valence-electron chi connectivity index (χ0n) is 20.5. The Balaban J connectivity index is 2.49. The van der Waals surface area contributed by atoms with E-state index < -0.39 is 20.4 Å². The highest BCUT2D eigenvalue weighted by molar-refractivity contribution is 6.99. The second-order valence-corrected chi connectivity index (χ2v) is 14.0. The molecule has 2 aromatic carbocycles. The fourth-order valence-corrected chi connectivity index (χ4v) is 9.07. The van der Waals surface area contributed by atoms with E-state index in [-0.39, 0.29) is 17.6 Å². The fraction of sp³-hybridized carbons (Fsp3) is 0.464. The topological polar surface area (TPSA) is 66.8 Å². The van der Waals surface area contributed by atoms with Crippen LogP contribution >= 0.6 is 0 Å². The summed E-state index contributed by atoms with van der Waals surface area (Å²) in [6.07, 6.45) is 6.94. The molecule has 0 aromatic heterocycles. The third kappa shape index (κ3) is 7.66. The molecule has 0 bridgehead atoms. The lowest BCUT2D eigenvalue weighted by atomic mass is 10.1. The molecule has 2 atom stereocenters. The van der Waals surface area contributed by atoms with Crippen LogP contribution in [0.1, 0.15) is 66.2 Å². The molecule has 0 saturated carbocycles. The summed E-state index contributed by atoms with van der Waals surface area (Å²) < 4.78 is 7.20. The van der Waals surface area contributed by atoms with Crippen molar-refractivity contribution in [2.45, 2.75) is 83.5 Å². The number of unbranched alkanes of at least 4 members (excludes halogenated alkanes) is 1. The summed E-state index contributed by atoms with van der Waals surface area (Å²) in [6.45, 7) is 8.81. The van der Waals surface area contributed by atoms with Crippen molar-refractivity contribution < 1.29 is 19.4 Å². The zero-order chi connectivity index (χ0) is 24.3. The summed E-state index contributed by atoms with van der Waals surface area (Å²) in [5, 5.41) is 21.8. The molecule has 0 unspecified atom stereocenters. The van der Waals surface area contributed by atoms with Gasteiger partial charge in [-0.05, 0) is 34.7 Å². The van der Waals surface area contributed by atoms with Crippen molar-refractivity contribution in [1.29, 1.82) is 0 Å². The van der Waals surface area contributed by atoms with Gasteiger partial charge in [-0.2, -0.15) is 0 Å². The number of rotatable bonds is 13. The molecule has 0 aliphatic rings. The molecule has 5 heteroatoms. The van der Waals surface area contributed by atoms with E-state index in [9.17, 15) is 9.90 Å². The minimum atomic E-state index is -2.75. The lowest BCUT2D eigenvalue weighted by molar-refractivity contribution is -0.137. The first-order chi connectivity index (χ1) is 15.7. The third-order valence-corrected chi connectivity index (χ3v) is 11.0. The lowest BCUT2D eigenvalue weighted by Gasteiger charge is -2.45. The van der Waals surface area contributed by atoms with Crippen LogP contribution in [0.25, 0.3) is 0 Å². The van der Waals surface area contributed by atoms with E-state index in [1.165, 1.54) is 10.4 Å². The van der Waals surface area contributed by atoms with Gasteiger partial charge in [-0.3, -0.25) is 4.79 Å². The van der Waals surface area contributed by atoms with Gasteiger partial charge in [-0.25, -0.2) is 0 Å². The summed E-state index contributed by atoms with van der Waals surface area (Å²) in [6, 6.07) is 21.0. The molecule has 33 heavy (non-hydrogen) atoms. The molecule has 0 fully saturated rings. The van der Waals surface area contributed by atoms with Crippen molar-refractivity contribution in [2.24, 2.45) is 0 Å². The monoisotopic (exact) mass is 468 g/mol. The van der Waals surface area contributed by atoms with E-state index in [4.69, 9.17) is 9.53 Å². The summed E-state index contributed by atoms with van der Waals surface area (Å²) in [5.41, 5.74) is 0. The van der Waals surface area contributed by atoms with E-state index in [0.29, 0.717) is 19.3 Å². The van der Waals surface area contributed by atoms with Gasteiger partial charge < -0.3 is 14.6 Å². The highest BCUT2D eigenvalue weighted by Gasteiger charge is 2.51. The van der Waals surface area contributed by atoms with Crippen LogP contribution in [0.5, 0.6) is 0 Å². The van der Waals surface area contributed by atoms with E-state index in [1.807, 2.05) is 24.3 Å². The SMILES string of the molecule is CCC[C@@H](O)C[C@H](/C=C/CCCC(=O)O)O[Si](c1ccccc1)(c1ccccc1)C(C)(C)C. The molecular weight excluding hydrogens is 428 g/mol. The highest BCUT2D eigenvalue weighted by atomic mass is 28.4. The first kappa shape index (κ1) is 27.0. The van der Waals surface area contributed by atoms with Gasteiger partial charge >= 0.3 is 5.97 Å². The molecule has 2 aromatic rings. The molecule has 2 rings (SSSR count). The van der Waals surface area contributed by atoms with Gasteiger partial charge in [0.15, 0.2) is 0 Å². The Hall–Kier alpha value is -2.21. The van der Waals surface area contributed by atoms with Gasteiger partial charge in [0, 0.05) is 12.8 Å². The van der Waals surface area contributed by atoms with Crippen molar-refractivity contribution in [3.05, 3.63) is 72.8 Å². The minimum Gasteiger partial charge on any atom is -0.481 e. The van der Waals surface area contributed by atoms with Crippen molar-refractivity contribution in [3.8, 4) is 0 Å². The molecule has 0 amide bonds. The lowest BCUT2D eigenvalue weighted by Crippen LogP contribution is -2.67. The van der Waals surface area contributed by atoms with Crippen LogP contribution in [0.2, 0.25) is 5.04 Å². The molecule has 4 nitrogen and oxygen atoms in total. The number of carbonyl (C=O) groups is 1. The maximum absolute atomic E-state index is 10.8. The van der Waals surface area contributed by atoms with Crippen LogP contribution in [0.15, 0.2) is 72.8 Å². The smallest absolute Gasteiger partial charge is 0.303 e. The van der Waals surface area contributed by atoms with Crippen LogP contribution in [-0.2, 0) is 9.22 Å². The van der Waals surface area contributed by atoms with Gasteiger partial charge in [0.05, 0.1) is 12.2 Å². The Morgan fingerprint density at radius 2 is 1.58 bits per heavy atom. The van der Waals surface area contributed by atoms with E-state index in [2.05, 4.69) is 76.2 Å². The number of benzene rings is 2. The largest absolute Gasteiger partial charge is 0.481 e. The van der Waals surface area contributed by atoms with Crippen molar-refractivity contribution in [3.63, 3.8) is 0 Å². The number of aliphatic hydroxyl groups is 1. The number of hydrogen-bond acceptors (Lipinski definition) is 3. The van der Waals surface area contributed by atoms with Crippen LogP contribution in [0.3, 0.4) is 0 Å². The van der Waals surface area contributed by atoms with E-state index in [1.54, 1.807) is 0 Å². The average molecular weight is 469 g/mol. The predicted octanol–water partition coefficient (Wildman–Crippen LogP) is 5.29. The number of hydrogen-bond donors (Lipinski definition) is 2. The Labute approximate surface area is 200 Å². The fourth-order valence-electron chi connectivity index (χ4n) is 4.42. The third-order valence-electron chi connectivity index (χ3n) is 5.98. The summed E-state index contributed by atoms with van der Waals surface area (Å²) in [4.78, 5) is 10.8. The van der Waals surface area contributed by atoms with Gasteiger partial charge in [0.25, 0.3) is 8.32 Å². The maximum atomic E-state index is 10.8. The molecule has 0 heterocycles. The van der Waals surface area contributed by atoms with Gasteiger partial charge in [-0.15, -0.1) is 0 Å². The van der Waals surface area contributed by atoms with Crippen LogP contribution in [0, 0.1) is 0 Å². The summed E-state index contributed by atoms with van der Waals surface area (Å²) >= 11 is 0. The Morgan fingerprint density at radius 1 is 1.03 bits per heavy atom. The predicted molar refractivity (Wildman–Crippen MR) is 139 cm³/mol. The van der Waals surface area contributed by atoms with Gasteiger partial charge in [-0.1, -0.05) is 107 Å². The molecule has 2 N–H and O–H groups in total. The van der Waals surface area contributed by atoms with Crippen molar-refractivity contribution in [1.82, 2.24) is 0 Å². The van der Waals surface area contributed by atoms with Gasteiger partial charge in [0.1, 0.15) is 0 Å². The molecule has 0 aliphatic carbocycles. The molecule has 0 saturated heterocycles.